The minimum absolute atomic E-state index is 0.00175. The van der Waals surface area contributed by atoms with Crippen LogP contribution in [0.3, 0.4) is 0 Å². The summed E-state index contributed by atoms with van der Waals surface area (Å²) in [5, 5.41) is 23.9. The molecule has 10 heterocycles. The summed E-state index contributed by atoms with van der Waals surface area (Å²) in [6, 6.07) is 87.4. The van der Waals surface area contributed by atoms with Gasteiger partial charge in [-0.05, 0) is 331 Å². The number of hydrogen-bond acceptors (Lipinski definition) is 22. The Labute approximate surface area is 914 Å². The summed E-state index contributed by atoms with van der Waals surface area (Å²) in [6.45, 7) is 9.10. The number of para-hydroxylation sites is 2. The van der Waals surface area contributed by atoms with Gasteiger partial charge >= 0.3 is 5.97 Å². The Morgan fingerprint density at radius 1 is 0.617 bits per heavy atom. The summed E-state index contributed by atoms with van der Waals surface area (Å²) in [5.41, 5.74) is 12.7. The number of pyridine rings is 3. The average molecular weight is 2340 g/mol. The number of carbonyl (C=O) groups is 10. The zero-order valence-electron chi connectivity index (χ0n) is 80.1. The molecule has 149 heavy (non-hydrogen) atoms. The van der Waals surface area contributed by atoms with E-state index in [1.54, 1.807) is 127 Å². The number of ether oxygens (including phenoxy) is 2. The fourth-order valence-electron chi connectivity index (χ4n) is 16.5. The summed E-state index contributed by atoms with van der Waals surface area (Å²) in [5.74, 6) is -1.99. The molecule has 5 N–H and O–H groups in total. The van der Waals surface area contributed by atoms with E-state index in [0.717, 1.165) is 98.3 Å². The normalized spacial score (nSPS) is 15.3. The zero-order valence-corrected chi connectivity index (χ0v) is 90.2. The lowest BCUT2D eigenvalue weighted by atomic mass is 9.99. The number of rotatable bonds is 24. The second-order valence-electron chi connectivity index (χ2n) is 33.8. The molecule has 0 bridgehead atoms. The Morgan fingerprint density at radius 3 is 1.92 bits per heavy atom. The summed E-state index contributed by atoms with van der Waals surface area (Å²) < 4.78 is 41.6. The van der Waals surface area contributed by atoms with Gasteiger partial charge < -0.3 is 33.9 Å². The number of likely N-dealkylation sites (N-methyl/N-ethyl adjacent to an activating group) is 1. The number of carboxylic acids is 1. The number of sulfone groups is 1. The van der Waals surface area contributed by atoms with Gasteiger partial charge in [-0.1, -0.05) is 143 Å². The van der Waals surface area contributed by atoms with Crippen LogP contribution in [0.1, 0.15) is 123 Å². The van der Waals surface area contributed by atoms with Crippen molar-refractivity contribution < 1.29 is 70.9 Å². The molecule has 6 amide bonds. The minimum Gasteiger partial charge on any atom is -0.494 e. The van der Waals surface area contributed by atoms with E-state index in [9.17, 15) is 61.5 Å². The molecule has 5 aromatic heterocycles. The minimum atomic E-state index is -3.14. The third-order valence-electron chi connectivity index (χ3n) is 23.7. The van der Waals surface area contributed by atoms with Crippen molar-refractivity contribution in [1.29, 1.82) is 0 Å². The standard InChI is InChI=1S/C23H19N3O.C21H14BrN3O2S.C19H16ClNO3.C18H17BrO3.C17H16N2O4S3.C15H10IN3O2S/c27-23(20-6-3-11-25-16-20)15-22(18-9-12-24-13-10-18)26-21-8-7-17-4-1-2-5-19(17)14-21;22-14-8-10-15(11-9-14)24-12-4-7-17(24)13-18-19(26)23-21(28)25(20(18)27)16-5-2-1-3-6-16;1-2-9-24-14-6-3-12(4-7-14)18-11-16(19(22)23)15-10-13(20)5-8-17(15)21-18;1-3-22-18-8-7-15(11-16(18)19)17(21)10-13-5-4-6-14(9-13)12(2)20;1-2-18-12-6-4-3-5-11(12)13(15(18)20)14-16(21)19(17(24)25-14)10-7-8-26(22,23)9-10;16-9-3-5-10(6-4-9)19-7-1-2-11(19)8-12-13(20)17-15(22)18-14(12)21/h1-14,16,22,26H,15H2;1-13H,(H,23,26,28);3-8,10-11H,2,9H2,1H3,(H,22,23);4-9,11H,3,10H2,1-2H3;3-6,10H,2,7-9H2,1H3;1-8H,(H2,17,18,20,21,22)/b;18-13+;;;14-13-;. The van der Waals surface area contributed by atoms with Crippen LogP contribution in [0, 0.1) is 3.57 Å². The molecule has 5 aliphatic heterocycles. The van der Waals surface area contributed by atoms with Crippen molar-refractivity contribution in [2.75, 3.05) is 46.4 Å². The maximum absolute atomic E-state index is 13.1. The van der Waals surface area contributed by atoms with E-state index in [1.807, 2.05) is 218 Å². The lowest BCUT2D eigenvalue weighted by Crippen LogP contribution is -2.54. The van der Waals surface area contributed by atoms with Gasteiger partial charge in [0.15, 0.2) is 37.4 Å². The van der Waals surface area contributed by atoms with Crippen LogP contribution in [0.5, 0.6) is 11.5 Å². The van der Waals surface area contributed by atoms with E-state index < -0.39 is 45.5 Å². The lowest BCUT2D eigenvalue weighted by Gasteiger charge is -2.28. The first-order valence-electron chi connectivity index (χ1n) is 46.6. The Morgan fingerprint density at radius 2 is 1.28 bits per heavy atom. The van der Waals surface area contributed by atoms with Crippen molar-refractivity contribution in [3.05, 3.63) is 406 Å². The topological polar surface area (TPSA) is 350 Å². The van der Waals surface area contributed by atoms with E-state index in [1.165, 1.54) is 22.1 Å². The second kappa shape index (κ2) is 50.3. The van der Waals surface area contributed by atoms with E-state index in [0.29, 0.717) is 97.1 Å². The SMILES string of the molecule is CCCOc1ccc(-c2cc(C(=O)O)c3cc(Cl)ccc3n2)cc1.CCN1C(=O)/C(=C2\SC(=S)N(C3CCS(=O)(=O)C3)C2=O)c2ccccc21.CCOc1ccc(C(=O)Cc2cccc(C(C)=O)c2)cc1Br.O=C(CC(Nc1ccc2ccccc2c1)c1ccncc1)c1cccnc1.O=C1NC(=S)N(c2ccccc2)C(=O)/C1=C/c1cccn1-c1ccc(Br)cc1.O=C1NC(=S)NC(=O)C1=Cc1cccn1-c1ccc(I)cc1. The van der Waals surface area contributed by atoms with Crippen LogP contribution < -0.4 is 40.5 Å². The first kappa shape index (κ1) is 108. The number of carboxylic acid groups (broad SMARTS) is 1. The molecule has 10 aromatic carbocycles. The zero-order chi connectivity index (χ0) is 106. The molecular weight excluding hydrogens is 2250 g/mol. The van der Waals surface area contributed by atoms with Crippen molar-refractivity contribution in [2.45, 2.75) is 65.5 Å². The van der Waals surface area contributed by atoms with Crippen molar-refractivity contribution in [3.8, 4) is 34.1 Å². The van der Waals surface area contributed by atoms with Crippen molar-refractivity contribution in [2.24, 2.45) is 0 Å². The molecule has 0 saturated carbocycles. The number of thioether (sulfide) groups is 1. The highest BCUT2D eigenvalue weighted by Gasteiger charge is 2.47. The number of benzene rings is 10. The predicted octanol–water partition coefficient (Wildman–Crippen LogP) is 22.5. The molecule has 20 rings (SSSR count). The van der Waals surface area contributed by atoms with Crippen LogP contribution >= 0.6 is 114 Å². The fraction of sp³-hybridized carbons (Fsp3) is 0.133. The number of nitrogens with one attached hydrogen (secondary N) is 4. The highest BCUT2D eigenvalue weighted by molar-refractivity contribution is 14.1. The Balaban J connectivity index is 0.000000134. The monoisotopic (exact) mass is 2340 g/mol. The van der Waals surface area contributed by atoms with Gasteiger partial charge in [0, 0.05) is 131 Å². The van der Waals surface area contributed by atoms with Gasteiger partial charge in [-0.2, -0.15) is 0 Å². The first-order valence-corrected chi connectivity index (χ1v) is 53.6. The number of amides is 6. The van der Waals surface area contributed by atoms with Gasteiger partial charge in [0.1, 0.15) is 27.0 Å². The van der Waals surface area contributed by atoms with Gasteiger partial charge in [0.05, 0.1) is 79.9 Å². The van der Waals surface area contributed by atoms with Crippen LogP contribution in [-0.2, 0) is 45.0 Å². The van der Waals surface area contributed by atoms with Crippen LogP contribution in [-0.4, -0.2) is 153 Å². The molecular formula is C113H92Br2ClIN12O15S5. The first-order chi connectivity index (χ1) is 71.8. The number of fused-ring (bicyclic) bond motifs is 3. The molecule has 0 spiro atoms. The Hall–Kier alpha value is -14.8. The number of nitrogens with zero attached hydrogens (tertiary/aromatic N) is 8. The molecule has 0 aliphatic carbocycles. The average Bonchev–Trinajstić information content (AvgIpc) is 1.57. The molecule has 27 nitrogen and oxygen atoms in total. The number of aromatic nitrogens is 5. The fourth-order valence-corrected chi connectivity index (χ4v) is 21.4. The number of ketones is 3. The number of Topliss-reactive ketones (excluding diaryl/α,β-unsaturated/α-hetero) is 3. The number of hydrogen-bond donors (Lipinski definition) is 5. The molecule has 2 atom stereocenters. The second-order valence-corrected chi connectivity index (χ2v) is 41.9. The van der Waals surface area contributed by atoms with E-state index in [2.05, 4.69) is 115 Å². The third kappa shape index (κ3) is 27.2. The van der Waals surface area contributed by atoms with E-state index >= 15 is 0 Å². The third-order valence-corrected chi connectivity index (χ3v) is 29.4. The van der Waals surface area contributed by atoms with Crippen LogP contribution in [0.2, 0.25) is 5.02 Å². The number of thiocarbonyl (C=S) groups is 3. The molecule has 752 valence electrons. The Kier molecular flexibility index (Phi) is 36.6. The van der Waals surface area contributed by atoms with Crippen LogP contribution in [0.25, 0.3) is 62.0 Å². The van der Waals surface area contributed by atoms with Gasteiger partial charge in [0.25, 0.3) is 35.4 Å². The largest absolute Gasteiger partial charge is 0.494 e. The molecule has 4 saturated heterocycles. The van der Waals surface area contributed by atoms with E-state index in [-0.39, 0.29) is 80.1 Å². The van der Waals surface area contributed by atoms with Crippen molar-refractivity contribution >= 4 is 254 Å². The van der Waals surface area contributed by atoms with Crippen molar-refractivity contribution in [3.63, 3.8) is 0 Å². The molecule has 4 fully saturated rings. The maximum atomic E-state index is 13.1. The molecule has 2 unspecified atom stereocenters. The number of halogens is 4. The molecule has 5 aliphatic rings. The smallest absolute Gasteiger partial charge is 0.336 e. The quantitative estimate of drug-likeness (QED) is 0.0123. The lowest BCUT2D eigenvalue weighted by molar-refractivity contribution is -0.124. The number of aromatic carboxylic acids is 1. The highest BCUT2D eigenvalue weighted by atomic mass is 127. The van der Waals surface area contributed by atoms with Gasteiger partial charge in [0.2, 0.25) is 0 Å². The van der Waals surface area contributed by atoms with E-state index in [4.69, 9.17) is 57.7 Å². The highest BCUT2D eigenvalue weighted by Crippen LogP contribution is 2.46. The van der Waals surface area contributed by atoms with Crippen molar-refractivity contribution in [1.82, 2.24) is 44.9 Å². The molecule has 36 heteroatoms. The maximum Gasteiger partial charge on any atom is 0.336 e. The number of carbonyl (C=O) groups excluding carboxylic acids is 9. The summed E-state index contributed by atoms with van der Waals surface area (Å²) >= 11 is 31.5. The number of anilines is 3. The van der Waals surface area contributed by atoms with Crippen LogP contribution in [0.4, 0.5) is 17.1 Å². The summed E-state index contributed by atoms with van der Waals surface area (Å²) in [7, 11) is -3.14. The summed E-state index contributed by atoms with van der Waals surface area (Å²) in [6.07, 6.45) is 15.6. The van der Waals surface area contributed by atoms with Gasteiger partial charge in [-0.15, -0.1) is 0 Å². The Bertz CT molecular complexity index is 7920. The van der Waals surface area contributed by atoms with Crippen LogP contribution in [0.15, 0.2) is 347 Å². The molecule has 15 aromatic rings. The molecule has 0 radical (unpaired) electrons. The predicted molar refractivity (Wildman–Crippen MR) is 609 cm³/mol. The van der Waals surface area contributed by atoms with Gasteiger partial charge in [-0.3, -0.25) is 78.9 Å². The summed E-state index contributed by atoms with van der Waals surface area (Å²) in [4.78, 5) is 141. The van der Waals surface area contributed by atoms with Gasteiger partial charge in [-0.25, -0.2) is 18.2 Å².